The minimum atomic E-state index is -0.971. The van der Waals surface area contributed by atoms with Crippen LogP contribution < -0.4 is 0 Å². The zero-order valence-corrected chi connectivity index (χ0v) is 11.0. The van der Waals surface area contributed by atoms with Gasteiger partial charge in [-0.1, -0.05) is 6.07 Å². The topological polar surface area (TPSA) is 57.6 Å². The molecule has 1 aromatic rings. The van der Waals surface area contributed by atoms with Crippen LogP contribution in [0.5, 0.6) is 0 Å². The molecule has 0 bridgehead atoms. The van der Waals surface area contributed by atoms with E-state index in [1.807, 2.05) is 0 Å². The summed E-state index contributed by atoms with van der Waals surface area (Å²) in [4.78, 5) is 23.8. The maximum Gasteiger partial charge on any atom is 0.305 e. The Morgan fingerprint density at radius 1 is 1.40 bits per heavy atom. The van der Waals surface area contributed by atoms with E-state index in [0.717, 1.165) is 6.07 Å². The van der Waals surface area contributed by atoms with E-state index in [0.29, 0.717) is 12.0 Å². The van der Waals surface area contributed by atoms with E-state index >= 15 is 0 Å². The van der Waals surface area contributed by atoms with Crippen molar-refractivity contribution in [1.29, 1.82) is 0 Å². The lowest BCUT2D eigenvalue weighted by Crippen LogP contribution is -2.30. The Morgan fingerprint density at radius 2 is 2.10 bits per heavy atom. The summed E-state index contributed by atoms with van der Waals surface area (Å²) in [7, 11) is 1.53. The zero-order chi connectivity index (χ0) is 14.9. The Kier molecular flexibility index (Phi) is 4.01. The monoisotopic (exact) mass is 283 g/mol. The van der Waals surface area contributed by atoms with Crippen molar-refractivity contribution in [2.45, 2.75) is 18.8 Å². The molecule has 1 amide bonds. The lowest BCUT2D eigenvalue weighted by molar-refractivity contribution is -0.138. The molecule has 4 nitrogen and oxygen atoms in total. The van der Waals surface area contributed by atoms with Crippen LogP contribution >= 0.6 is 0 Å². The first-order valence-corrected chi connectivity index (χ1v) is 6.32. The molecular weight excluding hydrogens is 268 g/mol. The van der Waals surface area contributed by atoms with Gasteiger partial charge in [-0.05, 0) is 24.0 Å². The number of aliphatic carboxylic acids is 1. The second-order valence-electron chi connectivity index (χ2n) is 5.02. The first kappa shape index (κ1) is 14.4. The second-order valence-corrected chi connectivity index (χ2v) is 5.02. The maximum absolute atomic E-state index is 13.6. The molecule has 0 radical (unpaired) electrons. The standard InChI is InChI=1S/C14H15F2NO3/c1-17(5-4-13(18)19)14(20)11-7-10(11)9-3-2-8(15)6-12(9)16/h2-3,6,10-11H,4-5,7H2,1H3,(H,18,19)/t10-,11-/m1/s1. The van der Waals surface area contributed by atoms with Crippen molar-refractivity contribution in [2.75, 3.05) is 13.6 Å². The van der Waals surface area contributed by atoms with E-state index in [9.17, 15) is 18.4 Å². The summed E-state index contributed by atoms with van der Waals surface area (Å²) in [6.45, 7) is 0.128. The molecule has 1 aliphatic rings. The van der Waals surface area contributed by atoms with Gasteiger partial charge in [0, 0.05) is 25.6 Å². The fourth-order valence-electron chi connectivity index (χ4n) is 2.27. The molecular formula is C14H15F2NO3. The van der Waals surface area contributed by atoms with Crippen molar-refractivity contribution in [2.24, 2.45) is 5.92 Å². The van der Waals surface area contributed by atoms with Gasteiger partial charge in [0.25, 0.3) is 0 Å². The van der Waals surface area contributed by atoms with Crippen molar-refractivity contribution >= 4 is 11.9 Å². The van der Waals surface area contributed by atoms with Gasteiger partial charge in [-0.3, -0.25) is 9.59 Å². The predicted molar refractivity (Wildman–Crippen MR) is 67.1 cm³/mol. The van der Waals surface area contributed by atoms with Crippen molar-refractivity contribution in [3.8, 4) is 0 Å². The molecule has 0 heterocycles. The molecule has 0 saturated heterocycles. The molecule has 108 valence electrons. The van der Waals surface area contributed by atoms with Gasteiger partial charge in [-0.2, -0.15) is 0 Å². The number of hydrogen-bond donors (Lipinski definition) is 1. The van der Waals surface area contributed by atoms with Gasteiger partial charge in [-0.25, -0.2) is 8.78 Å². The van der Waals surface area contributed by atoms with Crippen LogP contribution in [0, 0.1) is 17.6 Å². The summed E-state index contributed by atoms with van der Waals surface area (Å²) in [5.74, 6) is -3.03. The molecule has 1 fully saturated rings. The highest BCUT2D eigenvalue weighted by Gasteiger charge is 2.46. The molecule has 2 atom stereocenters. The van der Waals surface area contributed by atoms with Crippen molar-refractivity contribution < 1.29 is 23.5 Å². The van der Waals surface area contributed by atoms with Gasteiger partial charge >= 0.3 is 5.97 Å². The Labute approximate surface area is 115 Å². The van der Waals surface area contributed by atoms with Gasteiger partial charge in [0.15, 0.2) is 0 Å². The molecule has 0 aromatic heterocycles. The van der Waals surface area contributed by atoms with Crippen LogP contribution in [-0.4, -0.2) is 35.5 Å². The minimum absolute atomic E-state index is 0.120. The zero-order valence-electron chi connectivity index (χ0n) is 11.0. The van der Waals surface area contributed by atoms with Gasteiger partial charge in [0.2, 0.25) is 5.91 Å². The third-order valence-corrected chi connectivity index (χ3v) is 3.51. The number of nitrogens with zero attached hydrogens (tertiary/aromatic N) is 1. The highest BCUT2D eigenvalue weighted by Crippen LogP contribution is 2.49. The number of carboxylic acids is 1. The number of halogens is 2. The van der Waals surface area contributed by atoms with Gasteiger partial charge in [-0.15, -0.1) is 0 Å². The second kappa shape index (κ2) is 5.56. The summed E-state index contributed by atoms with van der Waals surface area (Å²) in [6.07, 6.45) is 0.392. The molecule has 0 unspecified atom stereocenters. The van der Waals surface area contributed by atoms with E-state index in [1.165, 1.54) is 24.1 Å². The van der Waals surface area contributed by atoms with Crippen LogP contribution in [-0.2, 0) is 9.59 Å². The van der Waals surface area contributed by atoms with Crippen molar-refractivity contribution in [3.05, 3.63) is 35.4 Å². The van der Waals surface area contributed by atoms with E-state index in [-0.39, 0.29) is 30.7 Å². The molecule has 1 aromatic carbocycles. The Bertz CT molecular complexity index is 547. The summed E-state index contributed by atoms with van der Waals surface area (Å²) in [5.41, 5.74) is 0.344. The predicted octanol–water partition coefficient (Wildman–Crippen LogP) is 2.00. The molecule has 20 heavy (non-hydrogen) atoms. The smallest absolute Gasteiger partial charge is 0.305 e. The Hall–Kier alpha value is -1.98. The number of amides is 1. The highest BCUT2D eigenvalue weighted by molar-refractivity contribution is 5.83. The minimum Gasteiger partial charge on any atom is -0.481 e. The normalized spacial score (nSPS) is 20.6. The number of carboxylic acid groups (broad SMARTS) is 1. The van der Waals surface area contributed by atoms with Crippen LogP contribution in [0.2, 0.25) is 0 Å². The van der Waals surface area contributed by atoms with Gasteiger partial charge in [0.05, 0.1) is 6.42 Å². The summed E-state index contributed by atoms with van der Waals surface area (Å²) < 4.78 is 26.4. The SMILES string of the molecule is CN(CCC(=O)O)C(=O)[C@@H]1C[C@@H]1c1ccc(F)cc1F. The molecule has 0 spiro atoms. The van der Waals surface area contributed by atoms with Crippen LogP contribution in [0.3, 0.4) is 0 Å². The highest BCUT2D eigenvalue weighted by atomic mass is 19.1. The third-order valence-electron chi connectivity index (χ3n) is 3.51. The first-order valence-electron chi connectivity index (χ1n) is 6.32. The molecule has 1 aliphatic carbocycles. The summed E-state index contributed by atoms with van der Waals surface area (Å²) in [5, 5.41) is 8.57. The number of rotatable bonds is 5. The number of hydrogen-bond acceptors (Lipinski definition) is 2. The van der Waals surface area contributed by atoms with Crippen LogP contribution in [0.4, 0.5) is 8.78 Å². The van der Waals surface area contributed by atoms with Crippen LogP contribution in [0.15, 0.2) is 18.2 Å². The fraction of sp³-hybridized carbons (Fsp3) is 0.429. The summed E-state index contributed by atoms with van der Waals surface area (Å²) >= 11 is 0. The maximum atomic E-state index is 13.6. The van der Waals surface area contributed by atoms with Gasteiger partial charge in [0.1, 0.15) is 11.6 Å². The summed E-state index contributed by atoms with van der Waals surface area (Å²) in [6, 6.07) is 3.34. The quantitative estimate of drug-likeness (QED) is 0.899. The number of benzene rings is 1. The average molecular weight is 283 g/mol. The van der Waals surface area contributed by atoms with E-state index in [2.05, 4.69) is 0 Å². The molecule has 1 saturated carbocycles. The van der Waals surface area contributed by atoms with Crippen molar-refractivity contribution in [1.82, 2.24) is 4.90 Å². The molecule has 1 N–H and O–H groups in total. The van der Waals surface area contributed by atoms with E-state index < -0.39 is 17.6 Å². The lowest BCUT2D eigenvalue weighted by atomic mass is 10.1. The largest absolute Gasteiger partial charge is 0.481 e. The molecule has 6 heteroatoms. The Morgan fingerprint density at radius 3 is 2.70 bits per heavy atom. The van der Waals surface area contributed by atoms with E-state index in [4.69, 9.17) is 5.11 Å². The first-order chi connectivity index (χ1) is 9.40. The third kappa shape index (κ3) is 3.12. The van der Waals surface area contributed by atoms with Crippen molar-refractivity contribution in [3.63, 3.8) is 0 Å². The number of carbonyl (C=O) groups excluding carboxylic acids is 1. The van der Waals surface area contributed by atoms with Gasteiger partial charge < -0.3 is 10.0 Å². The average Bonchev–Trinajstić information content (AvgIpc) is 3.15. The molecule has 2 rings (SSSR count). The van der Waals surface area contributed by atoms with Crippen LogP contribution in [0.1, 0.15) is 24.3 Å². The lowest BCUT2D eigenvalue weighted by Gasteiger charge is -2.16. The van der Waals surface area contributed by atoms with Crippen LogP contribution in [0.25, 0.3) is 0 Å². The van der Waals surface area contributed by atoms with E-state index in [1.54, 1.807) is 0 Å². The molecule has 0 aliphatic heterocycles. The number of carbonyl (C=O) groups is 2. The fourth-order valence-corrected chi connectivity index (χ4v) is 2.27. The Balaban J connectivity index is 1.97.